The molecule has 3 heteroatoms. The van der Waals surface area contributed by atoms with E-state index in [0.29, 0.717) is 5.76 Å². The van der Waals surface area contributed by atoms with Gasteiger partial charge in [-0.3, -0.25) is 0 Å². The van der Waals surface area contributed by atoms with Gasteiger partial charge in [0.15, 0.2) is 0 Å². The molecule has 0 amide bonds. The summed E-state index contributed by atoms with van der Waals surface area (Å²) in [5.41, 5.74) is 0.916. The number of aliphatic hydroxyl groups excluding tert-OH is 1. The molecule has 2 rings (SSSR count). The molecular formula is C14H21NO2. The molecule has 1 heterocycles. The highest BCUT2D eigenvalue weighted by Gasteiger charge is 2.20. The smallest absolute Gasteiger partial charge is 0.137 e. The SMILES string of the molecule is COC1=CC=CC(=CN2CCC(C)CC2)C1O. The quantitative estimate of drug-likeness (QED) is 0.795. The van der Waals surface area contributed by atoms with Crippen molar-refractivity contribution in [2.45, 2.75) is 25.9 Å². The Morgan fingerprint density at radius 3 is 2.76 bits per heavy atom. The standard InChI is InChI=1S/C14H21NO2/c1-11-6-8-15(9-7-11)10-12-4-3-5-13(17-2)14(12)16/h3-5,10-11,14,16H,6-9H2,1-2H3. The van der Waals surface area contributed by atoms with Gasteiger partial charge in [-0.15, -0.1) is 0 Å². The van der Waals surface area contributed by atoms with Gasteiger partial charge in [-0.25, -0.2) is 0 Å². The number of ether oxygens (including phenoxy) is 1. The van der Waals surface area contributed by atoms with Crippen molar-refractivity contribution < 1.29 is 9.84 Å². The number of methoxy groups -OCH3 is 1. The number of hydrogen-bond acceptors (Lipinski definition) is 3. The summed E-state index contributed by atoms with van der Waals surface area (Å²) >= 11 is 0. The van der Waals surface area contributed by atoms with E-state index in [1.165, 1.54) is 12.8 Å². The molecule has 0 aromatic heterocycles. The molecule has 0 aromatic rings. The van der Waals surface area contributed by atoms with E-state index in [1.807, 2.05) is 12.2 Å². The molecule has 0 radical (unpaired) electrons. The highest BCUT2D eigenvalue weighted by atomic mass is 16.5. The molecule has 1 aliphatic heterocycles. The summed E-state index contributed by atoms with van der Waals surface area (Å²) in [6.07, 6.45) is 9.59. The summed E-state index contributed by atoms with van der Waals surface area (Å²) in [4.78, 5) is 2.29. The number of nitrogens with zero attached hydrogens (tertiary/aromatic N) is 1. The van der Waals surface area contributed by atoms with Gasteiger partial charge in [0.25, 0.3) is 0 Å². The fourth-order valence-corrected chi connectivity index (χ4v) is 2.26. The first-order valence-electron chi connectivity index (χ1n) is 6.27. The molecule has 1 N–H and O–H groups in total. The molecule has 94 valence electrons. The number of allylic oxidation sites excluding steroid dienone is 2. The molecule has 1 unspecified atom stereocenters. The third-order valence-electron chi connectivity index (χ3n) is 3.52. The van der Waals surface area contributed by atoms with Crippen molar-refractivity contribution >= 4 is 0 Å². The van der Waals surface area contributed by atoms with Crippen molar-refractivity contribution in [1.82, 2.24) is 4.90 Å². The van der Waals surface area contributed by atoms with Crippen molar-refractivity contribution in [3.05, 3.63) is 35.8 Å². The second kappa shape index (κ2) is 5.41. The first kappa shape index (κ1) is 12.2. The van der Waals surface area contributed by atoms with Crippen LogP contribution < -0.4 is 0 Å². The Kier molecular flexibility index (Phi) is 3.89. The van der Waals surface area contributed by atoms with Gasteiger partial charge in [0.1, 0.15) is 11.9 Å². The average Bonchev–Trinajstić information content (AvgIpc) is 2.35. The van der Waals surface area contributed by atoms with Crippen molar-refractivity contribution in [2.24, 2.45) is 5.92 Å². The number of aliphatic hydroxyl groups is 1. The van der Waals surface area contributed by atoms with E-state index in [-0.39, 0.29) is 0 Å². The number of likely N-dealkylation sites (tertiary alicyclic amines) is 1. The maximum Gasteiger partial charge on any atom is 0.137 e. The maximum atomic E-state index is 10.1. The molecule has 0 saturated carbocycles. The van der Waals surface area contributed by atoms with Crippen LogP contribution >= 0.6 is 0 Å². The predicted molar refractivity (Wildman–Crippen MR) is 68.3 cm³/mol. The Labute approximate surface area is 103 Å². The zero-order valence-electron chi connectivity index (χ0n) is 10.6. The van der Waals surface area contributed by atoms with Crippen LogP contribution in [0.15, 0.2) is 35.8 Å². The Morgan fingerprint density at radius 2 is 2.12 bits per heavy atom. The monoisotopic (exact) mass is 235 g/mol. The summed E-state index contributed by atoms with van der Waals surface area (Å²) in [5.74, 6) is 1.44. The van der Waals surface area contributed by atoms with Gasteiger partial charge in [0, 0.05) is 24.9 Å². The van der Waals surface area contributed by atoms with Crippen LogP contribution in [0.3, 0.4) is 0 Å². The van der Waals surface area contributed by atoms with Crippen molar-refractivity contribution in [3.63, 3.8) is 0 Å². The van der Waals surface area contributed by atoms with Crippen LogP contribution in [-0.4, -0.2) is 36.3 Å². The van der Waals surface area contributed by atoms with E-state index in [4.69, 9.17) is 4.74 Å². The fourth-order valence-electron chi connectivity index (χ4n) is 2.26. The average molecular weight is 235 g/mol. The van der Waals surface area contributed by atoms with Crippen LogP contribution in [0.4, 0.5) is 0 Å². The van der Waals surface area contributed by atoms with E-state index in [9.17, 15) is 5.11 Å². The van der Waals surface area contributed by atoms with Crippen LogP contribution in [0.5, 0.6) is 0 Å². The molecule has 17 heavy (non-hydrogen) atoms. The predicted octanol–water partition coefficient (Wildman–Crippen LogP) is 2.06. The summed E-state index contributed by atoms with van der Waals surface area (Å²) in [7, 11) is 1.59. The van der Waals surface area contributed by atoms with Crippen molar-refractivity contribution in [1.29, 1.82) is 0 Å². The lowest BCUT2D eigenvalue weighted by Gasteiger charge is -2.30. The molecule has 1 aliphatic carbocycles. The second-order valence-corrected chi connectivity index (χ2v) is 4.88. The van der Waals surface area contributed by atoms with Crippen LogP contribution in [0.25, 0.3) is 0 Å². The molecule has 1 atom stereocenters. The molecule has 1 saturated heterocycles. The number of hydrogen-bond donors (Lipinski definition) is 1. The zero-order chi connectivity index (χ0) is 12.3. The first-order chi connectivity index (χ1) is 8.20. The van der Waals surface area contributed by atoms with Crippen LogP contribution in [0.1, 0.15) is 19.8 Å². The van der Waals surface area contributed by atoms with Crippen molar-refractivity contribution in [3.8, 4) is 0 Å². The minimum atomic E-state index is -0.621. The number of rotatable bonds is 2. The normalized spacial score (nSPS) is 28.4. The number of piperidine rings is 1. The zero-order valence-corrected chi connectivity index (χ0v) is 10.6. The van der Waals surface area contributed by atoms with E-state index in [1.54, 1.807) is 13.2 Å². The van der Waals surface area contributed by atoms with Gasteiger partial charge in [0.05, 0.1) is 7.11 Å². The molecule has 0 aromatic carbocycles. The van der Waals surface area contributed by atoms with Crippen LogP contribution in [0.2, 0.25) is 0 Å². The van der Waals surface area contributed by atoms with Gasteiger partial charge in [-0.05, 0) is 24.8 Å². The van der Waals surface area contributed by atoms with E-state index in [2.05, 4.69) is 18.0 Å². The lowest BCUT2D eigenvalue weighted by atomic mass is 9.98. The van der Waals surface area contributed by atoms with Gasteiger partial charge in [-0.2, -0.15) is 0 Å². The van der Waals surface area contributed by atoms with Crippen LogP contribution in [-0.2, 0) is 4.74 Å². The largest absolute Gasteiger partial charge is 0.498 e. The van der Waals surface area contributed by atoms with E-state index in [0.717, 1.165) is 24.6 Å². The highest BCUT2D eigenvalue weighted by Crippen LogP contribution is 2.22. The van der Waals surface area contributed by atoms with Crippen molar-refractivity contribution in [2.75, 3.05) is 20.2 Å². The molecule has 0 spiro atoms. The highest BCUT2D eigenvalue weighted by molar-refractivity contribution is 5.37. The molecular weight excluding hydrogens is 214 g/mol. The molecule has 2 aliphatic rings. The topological polar surface area (TPSA) is 32.7 Å². The second-order valence-electron chi connectivity index (χ2n) is 4.88. The van der Waals surface area contributed by atoms with E-state index >= 15 is 0 Å². The summed E-state index contributed by atoms with van der Waals surface area (Å²) in [6.45, 7) is 4.46. The van der Waals surface area contributed by atoms with Gasteiger partial charge < -0.3 is 14.7 Å². The van der Waals surface area contributed by atoms with Crippen LogP contribution in [0, 0.1) is 5.92 Å². The molecule has 3 nitrogen and oxygen atoms in total. The van der Waals surface area contributed by atoms with Gasteiger partial charge in [0.2, 0.25) is 0 Å². The summed E-state index contributed by atoms with van der Waals surface area (Å²) < 4.78 is 5.14. The van der Waals surface area contributed by atoms with Gasteiger partial charge in [-0.1, -0.05) is 19.1 Å². The Balaban J connectivity index is 2.03. The third-order valence-corrected chi connectivity index (χ3v) is 3.52. The molecule has 1 fully saturated rings. The fraction of sp³-hybridized carbons (Fsp3) is 0.571. The third kappa shape index (κ3) is 2.91. The minimum Gasteiger partial charge on any atom is -0.498 e. The van der Waals surface area contributed by atoms with Gasteiger partial charge >= 0.3 is 0 Å². The summed E-state index contributed by atoms with van der Waals surface area (Å²) in [5, 5.41) is 10.1. The first-order valence-corrected chi connectivity index (χ1v) is 6.27. The minimum absolute atomic E-state index is 0.615. The summed E-state index contributed by atoms with van der Waals surface area (Å²) in [6, 6.07) is 0. The molecule has 0 bridgehead atoms. The Morgan fingerprint density at radius 1 is 1.41 bits per heavy atom. The lowest BCUT2D eigenvalue weighted by molar-refractivity contribution is 0.151. The Hall–Kier alpha value is -1.22. The van der Waals surface area contributed by atoms with E-state index < -0.39 is 6.10 Å². The Bertz CT molecular complexity index is 349. The lowest BCUT2D eigenvalue weighted by Crippen LogP contribution is -2.30. The maximum absolute atomic E-state index is 10.1.